The molecule has 40 heavy (non-hydrogen) atoms. The molecule has 10 heteroatoms. The molecular formula is C30H38O10. The van der Waals surface area contributed by atoms with Gasteiger partial charge in [0.25, 0.3) is 0 Å². The summed E-state index contributed by atoms with van der Waals surface area (Å²) in [6.07, 6.45) is 3.18. The second-order valence-corrected chi connectivity index (χ2v) is 9.95. The average Bonchev–Trinajstić information content (AvgIpc) is 3.64. The predicted octanol–water partition coefficient (Wildman–Crippen LogP) is 5.79. The van der Waals surface area contributed by atoms with Crippen molar-refractivity contribution in [2.75, 3.05) is 27.8 Å². The number of methoxy groups -OCH3 is 2. The van der Waals surface area contributed by atoms with Crippen molar-refractivity contribution in [1.82, 2.24) is 0 Å². The molecule has 0 fully saturated rings. The van der Waals surface area contributed by atoms with E-state index in [0.717, 1.165) is 25.7 Å². The van der Waals surface area contributed by atoms with Gasteiger partial charge in [-0.15, -0.1) is 0 Å². The van der Waals surface area contributed by atoms with E-state index < -0.39 is 0 Å². The maximum atomic E-state index is 12.7. The van der Waals surface area contributed by atoms with Crippen molar-refractivity contribution in [1.29, 1.82) is 0 Å². The number of hydrogen-bond donors (Lipinski definition) is 0. The van der Waals surface area contributed by atoms with Gasteiger partial charge in [-0.1, -0.05) is 40.5 Å². The van der Waals surface area contributed by atoms with Crippen molar-refractivity contribution in [2.45, 2.75) is 66.6 Å². The van der Waals surface area contributed by atoms with Crippen molar-refractivity contribution in [3.63, 3.8) is 0 Å². The van der Waals surface area contributed by atoms with Gasteiger partial charge in [-0.3, -0.25) is 9.59 Å². The van der Waals surface area contributed by atoms with Gasteiger partial charge in [0.1, 0.15) is 13.2 Å². The lowest BCUT2D eigenvalue weighted by Gasteiger charge is -2.21. The van der Waals surface area contributed by atoms with Crippen molar-refractivity contribution >= 4 is 11.9 Å². The van der Waals surface area contributed by atoms with Crippen LogP contribution in [0.2, 0.25) is 0 Å². The molecule has 0 aliphatic carbocycles. The lowest BCUT2D eigenvalue weighted by atomic mass is 9.92. The van der Waals surface area contributed by atoms with Crippen LogP contribution in [0.5, 0.6) is 34.5 Å². The third kappa shape index (κ3) is 5.85. The highest BCUT2D eigenvalue weighted by Crippen LogP contribution is 2.56. The molecule has 2 aromatic carbocycles. The van der Waals surface area contributed by atoms with Gasteiger partial charge in [0.05, 0.1) is 26.1 Å². The van der Waals surface area contributed by atoms with Crippen molar-refractivity contribution < 1.29 is 47.5 Å². The van der Waals surface area contributed by atoms with E-state index in [1.165, 1.54) is 14.2 Å². The molecular weight excluding hydrogens is 520 g/mol. The Bertz CT molecular complexity index is 1140. The molecule has 2 aliphatic rings. The first-order chi connectivity index (χ1) is 19.3. The Morgan fingerprint density at radius 2 is 1.07 bits per heavy atom. The minimum atomic E-state index is -0.303. The summed E-state index contributed by atoms with van der Waals surface area (Å²) in [6.45, 7) is 7.59. The quantitative estimate of drug-likeness (QED) is 0.280. The van der Waals surface area contributed by atoms with Gasteiger partial charge >= 0.3 is 11.9 Å². The SMILES string of the molecule is CCCC(C)C(=O)OCc1cc(OC)c2c(c1-c1c(COC(=O)C(C)CCC)cc(OC)c3c1OCO3)OCO2. The van der Waals surface area contributed by atoms with Crippen LogP contribution in [0.15, 0.2) is 12.1 Å². The summed E-state index contributed by atoms with van der Waals surface area (Å²) >= 11 is 0. The first-order valence-electron chi connectivity index (χ1n) is 13.7. The molecule has 4 rings (SSSR count). The summed E-state index contributed by atoms with van der Waals surface area (Å²) < 4.78 is 46.1. The number of rotatable bonds is 13. The van der Waals surface area contributed by atoms with Crippen LogP contribution < -0.4 is 28.4 Å². The number of hydrogen-bond acceptors (Lipinski definition) is 10. The molecule has 0 saturated carbocycles. The Kier molecular flexibility index (Phi) is 9.50. The Balaban J connectivity index is 1.85. The van der Waals surface area contributed by atoms with Gasteiger partial charge in [-0.05, 0) is 25.0 Å². The normalized spacial score (nSPS) is 14.4. The van der Waals surface area contributed by atoms with Crippen LogP contribution in [-0.2, 0) is 32.3 Å². The third-order valence-electron chi connectivity index (χ3n) is 7.06. The van der Waals surface area contributed by atoms with E-state index in [9.17, 15) is 9.59 Å². The second kappa shape index (κ2) is 13.0. The van der Waals surface area contributed by atoms with Crippen molar-refractivity contribution in [3.05, 3.63) is 23.3 Å². The van der Waals surface area contributed by atoms with Gasteiger partial charge in [-0.25, -0.2) is 0 Å². The maximum absolute atomic E-state index is 12.7. The molecule has 0 aromatic heterocycles. The summed E-state index contributed by atoms with van der Waals surface area (Å²) in [5.41, 5.74) is 2.35. The monoisotopic (exact) mass is 558 g/mol. The zero-order chi connectivity index (χ0) is 28.8. The smallest absolute Gasteiger partial charge is 0.308 e. The standard InChI is InChI=1S/C30H38O10/c1-7-9-17(3)29(31)35-13-19-11-21(33-5)25-27(39-15-37-25)23(19)24-20(14-36-30(32)18(4)10-8-2)12-22(34-6)26-28(24)40-16-38-26/h11-12,17-18H,7-10,13-16H2,1-6H3. The summed E-state index contributed by atoms with van der Waals surface area (Å²) in [5.74, 6) is 1.41. The minimum Gasteiger partial charge on any atom is -0.493 e. The van der Waals surface area contributed by atoms with Crippen LogP contribution in [-0.4, -0.2) is 39.7 Å². The van der Waals surface area contributed by atoms with Crippen LogP contribution in [0, 0.1) is 11.8 Å². The Labute approximate surface area is 234 Å². The fourth-order valence-electron chi connectivity index (χ4n) is 4.94. The van der Waals surface area contributed by atoms with E-state index in [-0.39, 0.29) is 50.6 Å². The minimum absolute atomic E-state index is 0.0238. The number of benzene rings is 2. The molecule has 2 aromatic rings. The lowest BCUT2D eigenvalue weighted by molar-refractivity contribution is -0.150. The summed E-state index contributed by atoms with van der Waals surface area (Å²) in [5, 5.41) is 0. The molecule has 2 heterocycles. The molecule has 2 aliphatic heterocycles. The van der Waals surface area contributed by atoms with Gasteiger partial charge in [0, 0.05) is 22.3 Å². The Hall–Kier alpha value is -3.82. The highest BCUT2D eigenvalue weighted by Gasteiger charge is 2.35. The van der Waals surface area contributed by atoms with Crippen LogP contribution in [0.1, 0.15) is 64.5 Å². The highest BCUT2D eigenvalue weighted by molar-refractivity contribution is 5.89. The van der Waals surface area contributed by atoms with Crippen LogP contribution in [0.4, 0.5) is 0 Å². The number of fused-ring (bicyclic) bond motifs is 2. The fraction of sp³-hybridized carbons (Fsp3) is 0.533. The first kappa shape index (κ1) is 29.2. The molecule has 2 atom stereocenters. The number of carbonyl (C=O) groups is 2. The van der Waals surface area contributed by atoms with Gasteiger partial charge in [0.2, 0.25) is 25.1 Å². The van der Waals surface area contributed by atoms with E-state index in [1.807, 2.05) is 27.7 Å². The predicted molar refractivity (Wildman–Crippen MR) is 145 cm³/mol. The number of ether oxygens (including phenoxy) is 8. The van der Waals surface area contributed by atoms with Gasteiger partial charge < -0.3 is 37.9 Å². The highest BCUT2D eigenvalue weighted by atomic mass is 16.7. The topological polar surface area (TPSA) is 108 Å². The molecule has 0 amide bonds. The maximum Gasteiger partial charge on any atom is 0.308 e. The molecule has 218 valence electrons. The van der Waals surface area contributed by atoms with E-state index >= 15 is 0 Å². The summed E-state index contributed by atoms with van der Waals surface area (Å²) in [7, 11) is 3.06. The lowest BCUT2D eigenvalue weighted by Crippen LogP contribution is -2.15. The van der Waals surface area contributed by atoms with E-state index in [2.05, 4.69) is 0 Å². The average molecular weight is 559 g/mol. The van der Waals surface area contributed by atoms with Gasteiger partial charge in [-0.2, -0.15) is 0 Å². The van der Waals surface area contributed by atoms with Crippen molar-refractivity contribution in [2.24, 2.45) is 11.8 Å². The molecule has 0 N–H and O–H groups in total. The molecule has 2 unspecified atom stereocenters. The first-order valence-corrected chi connectivity index (χ1v) is 13.7. The number of esters is 2. The van der Waals surface area contributed by atoms with E-state index in [4.69, 9.17) is 37.9 Å². The second-order valence-electron chi connectivity index (χ2n) is 9.95. The largest absolute Gasteiger partial charge is 0.493 e. The summed E-state index contributed by atoms with van der Waals surface area (Å²) in [4.78, 5) is 25.5. The zero-order valence-corrected chi connectivity index (χ0v) is 24.0. The Morgan fingerprint density at radius 3 is 1.43 bits per heavy atom. The van der Waals surface area contributed by atoms with E-state index in [1.54, 1.807) is 12.1 Å². The Morgan fingerprint density at radius 1 is 0.700 bits per heavy atom. The zero-order valence-electron chi connectivity index (χ0n) is 24.0. The molecule has 0 saturated heterocycles. The molecule has 10 nitrogen and oxygen atoms in total. The fourth-order valence-corrected chi connectivity index (χ4v) is 4.94. The van der Waals surface area contributed by atoms with E-state index in [0.29, 0.717) is 56.8 Å². The van der Waals surface area contributed by atoms with Crippen molar-refractivity contribution in [3.8, 4) is 45.6 Å². The molecule has 0 bridgehead atoms. The number of carbonyl (C=O) groups excluding carboxylic acids is 2. The molecule has 0 spiro atoms. The van der Waals surface area contributed by atoms with Crippen LogP contribution >= 0.6 is 0 Å². The van der Waals surface area contributed by atoms with Crippen LogP contribution in [0.3, 0.4) is 0 Å². The van der Waals surface area contributed by atoms with Crippen LogP contribution in [0.25, 0.3) is 11.1 Å². The third-order valence-corrected chi connectivity index (χ3v) is 7.06. The molecule has 0 radical (unpaired) electrons. The summed E-state index contributed by atoms with van der Waals surface area (Å²) in [6, 6.07) is 3.51. The van der Waals surface area contributed by atoms with Gasteiger partial charge in [0.15, 0.2) is 23.0 Å².